The zero-order chi connectivity index (χ0) is 14.5. The number of amides is 2. The third kappa shape index (κ3) is 3.49. The number of aliphatic hydroxyl groups excluding tert-OH is 1. The molecule has 2 rings (SSSR count). The highest BCUT2D eigenvalue weighted by molar-refractivity contribution is 5.74. The lowest BCUT2D eigenvalue weighted by Crippen LogP contribution is -2.38. The topological polar surface area (TPSA) is 76.4 Å². The van der Waals surface area contributed by atoms with Crippen molar-refractivity contribution in [2.24, 2.45) is 5.92 Å². The molecule has 1 aromatic carbocycles. The third-order valence-electron chi connectivity index (χ3n) is 3.69. The van der Waals surface area contributed by atoms with Crippen LogP contribution in [0.4, 0.5) is 4.79 Å². The molecule has 2 amide bonds. The summed E-state index contributed by atoms with van der Waals surface area (Å²) < 4.78 is 0. The molecule has 0 spiro atoms. The number of likely N-dealkylation sites (tertiary alicyclic amines) is 1. The Labute approximate surface area is 118 Å². The monoisotopic (exact) mass is 273 g/mol. The first-order chi connectivity index (χ1) is 9.60. The second-order valence-electron chi connectivity index (χ2n) is 5.21. The Bertz CT molecular complexity index is 522. The fourth-order valence-electron chi connectivity index (χ4n) is 2.41. The van der Waals surface area contributed by atoms with E-state index in [0.29, 0.717) is 25.2 Å². The van der Waals surface area contributed by atoms with Gasteiger partial charge in [0.05, 0.1) is 17.7 Å². The van der Waals surface area contributed by atoms with E-state index in [1.54, 1.807) is 30.0 Å². The van der Waals surface area contributed by atoms with Crippen molar-refractivity contribution >= 4 is 6.03 Å². The van der Waals surface area contributed by atoms with Gasteiger partial charge < -0.3 is 15.3 Å². The molecule has 2 N–H and O–H groups in total. The van der Waals surface area contributed by atoms with Crippen LogP contribution >= 0.6 is 0 Å². The summed E-state index contributed by atoms with van der Waals surface area (Å²) in [5.74, 6) is 0.169. The number of nitrogens with one attached hydrogen (secondary N) is 1. The van der Waals surface area contributed by atoms with E-state index in [1.807, 2.05) is 6.07 Å². The molecule has 0 aromatic heterocycles. The zero-order valence-corrected chi connectivity index (χ0v) is 11.5. The van der Waals surface area contributed by atoms with Crippen LogP contribution in [0.3, 0.4) is 0 Å². The smallest absolute Gasteiger partial charge is 0.317 e. The average Bonchev–Trinajstić information content (AvgIpc) is 2.95. The summed E-state index contributed by atoms with van der Waals surface area (Å²) in [5.41, 5.74) is 1.50. The highest BCUT2D eigenvalue weighted by Gasteiger charge is 2.28. The molecular formula is C15H19N3O2. The Balaban J connectivity index is 1.85. The van der Waals surface area contributed by atoms with Gasteiger partial charge in [-0.05, 0) is 31.0 Å². The first kappa shape index (κ1) is 14.4. The summed E-state index contributed by atoms with van der Waals surface area (Å²) in [6.07, 6.45) is 0.467. The minimum absolute atomic E-state index is 0.115. The van der Waals surface area contributed by atoms with E-state index < -0.39 is 0 Å². The number of benzene rings is 1. The lowest BCUT2D eigenvalue weighted by Gasteiger charge is -2.18. The predicted octanol–water partition coefficient (Wildman–Crippen LogP) is 1.47. The van der Waals surface area contributed by atoms with Gasteiger partial charge in [-0.3, -0.25) is 0 Å². The number of hydrogen-bond acceptors (Lipinski definition) is 3. The quantitative estimate of drug-likeness (QED) is 0.875. The van der Waals surface area contributed by atoms with Gasteiger partial charge in [-0.1, -0.05) is 12.1 Å². The van der Waals surface area contributed by atoms with Crippen LogP contribution in [-0.4, -0.2) is 35.2 Å². The number of urea groups is 1. The van der Waals surface area contributed by atoms with E-state index in [1.165, 1.54) is 0 Å². The minimum atomic E-state index is -0.375. The van der Waals surface area contributed by atoms with Crippen molar-refractivity contribution in [3.63, 3.8) is 0 Å². The van der Waals surface area contributed by atoms with E-state index in [4.69, 9.17) is 5.26 Å². The summed E-state index contributed by atoms with van der Waals surface area (Å²) in [5, 5.41) is 21.2. The normalized spacial score (nSPS) is 19.4. The molecule has 0 aliphatic carbocycles. The van der Waals surface area contributed by atoms with Crippen LogP contribution in [0.15, 0.2) is 24.3 Å². The van der Waals surface area contributed by atoms with Crippen LogP contribution in [0, 0.1) is 17.2 Å². The number of rotatable bonds is 3. The summed E-state index contributed by atoms with van der Waals surface area (Å²) in [6, 6.07) is 9.15. The summed E-state index contributed by atoms with van der Waals surface area (Å²) in [6.45, 7) is 3.45. The lowest BCUT2D eigenvalue weighted by atomic mass is 10.0. The zero-order valence-electron chi connectivity index (χ0n) is 11.5. The van der Waals surface area contributed by atoms with Gasteiger partial charge in [0.1, 0.15) is 0 Å². The van der Waals surface area contributed by atoms with E-state index in [-0.39, 0.29) is 18.1 Å². The molecule has 106 valence electrons. The van der Waals surface area contributed by atoms with Crippen molar-refractivity contribution in [2.45, 2.75) is 26.0 Å². The second kappa shape index (κ2) is 6.40. The first-order valence-corrected chi connectivity index (χ1v) is 6.80. The highest BCUT2D eigenvalue weighted by Crippen LogP contribution is 2.19. The van der Waals surface area contributed by atoms with Gasteiger partial charge in [0, 0.05) is 25.6 Å². The average molecular weight is 273 g/mol. The van der Waals surface area contributed by atoms with Crippen molar-refractivity contribution in [1.29, 1.82) is 5.26 Å². The van der Waals surface area contributed by atoms with Crippen LogP contribution in [0.5, 0.6) is 0 Å². The SMILES string of the molecule is CC(O)C1CCN(C(=O)NCc2cccc(C#N)c2)C1. The Morgan fingerprint density at radius 2 is 2.45 bits per heavy atom. The standard InChI is InChI=1S/C15H19N3O2/c1-11(19)14-5-6-18(10-14)15(20)17-9-13-4-2-3-12(7-13)8-16/h2-4,7,11,14,19H,5-6,9-10H2,1H3,(H,17,20). The van der Waals surface area contributed by atoms with Crippen molar-refractivity contribution in [1.82, 2.24) is 10.2 Å². The number of nitriles is 1. The maximum Gasteiger partial charge on any atom is 0.317 e. The summed E-state index contributed by atoms with van der Waals surface area (Å²) in [4.78, 5) is 13.7. The van der Waals surface area contributed by atoms with Gasteiger partial charge in [-0.2, -0.15) is 5.26 Å². The summed E-state index contributed by atoms with van der Waals surface area (Å²) >= 11 is 0. The van der Waals surface area contributed by atoms with E-state index in [0.717, 1.165) is 12.0 Å². The molecule has 1 aromatic rings. The Morgan fingerprint density at radius 1 is 1.65 bits per heavy atom. The molecule has 5 nitrogen and oxygen atoms in total. The van der Waals surface area contributed by atoms with Crippen molar-refractivity contribution in [2.75, 3.05) is 13.1 Å². The molecule has 1 saturated heterocycles. The first-order valence-electron chi connectivity index (χ1n) is 6.80. The Hall–Kier alpha value is -2.06. The fourth-order valence-corrected chi connectivity index (χ4v) is 2.41. The molecule has 2 atom stereocenters. The molecule has 1 aliphatic heterocycles. The van der Waals surface area contributed by atoms with Crippen molar-refractivity contribution in [3.8, 4) is 6.07 Å². The van der Waals surface area contributed by atoms with E-state index >= 15 is 0 Å². The molecule has 0 radical (unpaired) electrons. The van der Waals surface area contributed by atoms with Crippen LogP contribution in [0.25, 0.3) is 0 Å². The largest absolute Gasteiger partial charge is 0.393 e. The summed E-state index contributed by atoms with van der Waals surface area (Å²) in [7, 11) is 0. The molecule has 5 heteroatoms. The van der Waals surface area contributed by atoms with Gasteiger partial charge in [0.25, 0.3) is 0 Å². The number of nitrogens with zero attached hydrogens (tertiary/aromatic N) is 2. The van der Waals surface area contributed by atoms with Crippen molar-refractivity contribution in [3.05, 3.63) is 35.4 Å². The predicted molar refractivity (Wildman–Crippen MR) is 74.8 cm³/mol. The number of hydrogen-bond donors (Lipinski definition) is 2. The fraction of sp³-hybridized carbons (Fsp3) is 0.467. The third-order valence-corrected chi connectivity index (χ3v) is 3.69. The van der Waals surface area contributed by atoms with Crippen LogP contribution < -0.4 is 5.32 Å². The number of carbonyl (C=O) groups excluding carboxylic acids is 1. The maximum absolute atomic E-state index is 12.0. The number of carbonyl (C=O) groups is 1. The molecule has 1 heterocycles. The van der Waals surface area contributed by atoms with Gasteiger partial charge in [0.2, 0.25) is 0 Å². The molecule has 0 bridgehead atoms. The molecule has 2 unspecified atom stereocenters. The molecular weight excluding hydrogens is 254 g/mol. The van der Waals surface area contributed by atoms with Gasteiger partial charge in [0.15, 0.2) is 0 Å². The maximum atomic E-state index is 12.0. The lowest BCUT2D eigenvalue weighted by molar-refractivity contribution is 0.129. The molecule has 0 saturated carbocycles. The van der Waals surface area contributed by atoms with Gasteiger partial charge in [-0.15, -0.1) is 0 Å². The van der Waals surface area contributed by atoms with Gasteiger partial charge in [-0.25, -0.2) is 4.79 Å². The molecule has 1 fully saturated rings. The minimum Gasteiger partial charge on any atom is -0.393 e. The molecule has 1 aliphatic rings. The van der Waals surface area contributed by atoms with Crippen LogP contribution in [-0.2, 0) is 6.54 Å². The Morgan fingerprint density at radius 3 is 3.10 bits per heavy atom. The van der Waals surface area contributed by atoms with Gasteiger partial charge >= 0.3 is 6.03 Å². The van der Waals surface area contributed by atoms with E-state index in [9.17, 15) is 9.90 Å². The number of aliphatic hydroxyl groups is 1. The van der Waals surface area contributed by atoms with Crippen LogP contribution in [0.1, 0.15) is 24.5 Å². The second-order valence-corrected chi connectivity index (χ2v) is 5.21. The highest BCUT2D eigenvalue weighted by atomic mass is 16.3. The van der Waals surface area contributed by atoms with E-state index in [2.05, 4.69) is 11.4 Å². The van der Waals surface area contributed by atoms with Crippen molar-refractivity contribution < 1.29 is 9.90 Å². The molecule has 20 heavy (non-hydrogen) atoms. The van der Waals surface area contributed by atoms with Crippen LogP contribution in [0.2, 0.25) is 0 Å². The Kier molecular flexibility index (Phi) is 4.59.